The molecule has 3 aromatic carbocycles. The Kier molecular flexibility index (Phi) is 6.04. The fraction of sp³-hybridized carbons (Fsp3) is 0.0870. The van der Waals surface area contributed by atoms with Crippen LogP contribution in [0.25, 0.3) is 0 Å². The molecule has 36 heavy (non-hydrogen) atoms. The number of hydrogen-bond donors (Lipinski definition) is 1. The van der Waals surface area contributed by atoms with Gasteiger partial charge in [0.05, 0.1) is 47.3 Å². The van der Waals surface area contributed by atoms with Crippen molar-refractivity contribution in [3.63, 3.8) is 0 Å². The highest BCUT2D eigenvalue weighted by atomic mass is 16.6. The molecule has 13 nitrogen and oxygen atoms in total. The largest absolute Gasteiger partial charge is 0.496 e. The van der Waals surface area contributed by atoms with E-state index in [2.05, 4.69) is 5.32 Å². The summed E-state index contributed by atoms with van der Waals surface area (Å²) in [5, 5.41) is 25.3. The number of rotatable bonds is 7. The molecule has 0 saturated carbocycles. The Hall–Kier alpha value is -5.33. The summed E-state index contributed by atoms with van der Waals surface area (Å²) >= 11 is 0. The van der Waals surface area contributed by atoms with Crippen LogP contribution in [0.4, 0.5) is 22.7 Å². The fourth-order valence-electron chi connectivity index (χ4n) is 3.66. The summed E-state index contributed by atoms with van der Waals surface area (Å²) in [6.07, 6.45) is 0. The fourth-order valence-corrected chi connectivity index (χ4v) is 3.66. The molecule has 4 rings (SSSR count). The number of imide groups is 1. The number of nitro benzene ring substituents is 2. The lowest BCUT2D eigenvalue weighted by atomic mass is 10.1. The second-order valence-corrected chi connectivity index (χ2v) is 7.41. The van der Waals surface area contributed by atoms with Crippen molar-refractivity contribution >= 4 is 40.5 Å². The normalized spacial score (nSPS) is 12.2. The molecule has 3 amide bonds. The van der Waals surface area contributed by atoms with Crippen molar-refractivity contribution in [1.82, 2.24) is 0 Å². The Balaban J connectivity index is 1.67. The number of methoxy groups -OCH3 is 2. The van der Waals surface area contributed by atoms with Gasteiger partial charge in [-0.25, -0.2) is 4.90 Å². The van der Waals surface area contributed by atoms with Gasteiger partial charge in [-0.3, -0.25) is 34.6 Å². The molecule has 0 aromatic heterocycles. The molecule has 1 N–H and O–H groups in total. The summed E-state index contributed by atoms with van der Waals surface area (Å²) in [7, 11) is 2.65. The highest BCUT2D eigenvalue weighted by molar-refractivity contribution is 6.35. The molecule has 0 bridgehead atoms. The third-order valence-electron chi connectivity index (χ3n) is 5.42. The number of benzene rings is 3. The molecule has 3 aromatic rings. The van der Waals surface area contributed by atoms with Crippen LogP contribution in [0, 0.1) is 20.2 Å². The Morgan fingerprint density at radius 3 is 2.00 bits per heavy atom. The van der Waals surface area contributed by atoms with Crippen LogP contribution in [-0.2, 0) is 0 Å². The topological polar surface area (TPSA) is 171 Å². The Bertz CT molecular complexity index is 1470. The molecule has 0 atom stereocenters. The van der Waals surface area contributed by atoms with E-state index < -0.39 is 38.9 Å². The lowest BCUT2D eigenvalue weighted by Crippen LogP contribution is -2.30. The number of carbonyl (C=O) groups is 3. The van der Waals surface area contributed by atoms with Crippen molar-refractivity contribution in [1.29, 1.82) is 0 Å². The number of nitrogens with zero attached hydrogens (tertiary/aromatic N) is 3. The van der Waals surface area contributed by atoms with E-state index in [1.165, 1.54) is 50.6 Å². The van der Waals surface area contributed by atoms with Crippen molar-refractivity contribution in [3.8, 4) is 11.5 Å². The minimum atomic E-state index is -0.867. The number of nitrogens with one attached hydrogen (secondary N) is 1. The van der Waals surface area contributed by atoms with Gasteiger partial charge in [0.1, 0.15) is 22.9 Å². The van der Waals surface area contributed by atoms with Gasteiger partial charge in [0.2, 0.25) is 0 Å². The van der Waals surface area contributed by atoms with Crippen LogP contribution in [-0.4, -0.2) is 41.8 Å². The predicted octanol–water partition coefficient (Wildman–Crippen LogP) is 3.57. The van der Waals surface area contributed by atoms with Crippen molar-refractivity contribution < 1.29 is 33.7 Å². The zero-order chi connectivity index (χ0) is 26.1. The molecular formula is C23H16N4O9. The summed E-state index contributed by atoms with van der Waals surface area (Å²) in [4.78, 5) is 61.0. The standard InChI is InChI=1S/C23H16N4O9/c1-35-13-4-7-17(19(10-13)26(31)32)24-21(28)12-3-6-15-16(9-12)23(30)25(22(15)29)18-8-5-14(36-2)11-20(18)27(33)34/h3-11H,1-2H3,(H,24,28). The molecule has 0 saturated heterocycles. The van der Waals surface area contributed by atoms with Crippen molar-refractivity contribution in [2.45, 2.75) is 0 Å². The average Bonchev–Trinajstić information content (AvgIpc) is 3.12. The second-order valence-electron chi connectivity index (χ2n) is 7.41. The van der Waals surface area contributed by atoms with E-state index in [4.69, 9.17) is 9.47 Å². The summed E-state index contributed by atoms with van der Waals surface area (Å²) < 4.78 is 9.94. The van der Waals surface area contributed by atoms with E-state index in [1.807, 2.05) is 0 Å². The SMILES string of the molecule is COc1ccc(NC(=O)c2ccc3c(c2)C(=O)N(c2ccc(OC)cc2[N+](=O)[O-])C3=O)c([N+](=O)[O-])c1. The van der Waals surface area contributed by atoms with Crippen molar-refractivity contribution in [2.24, 2.45) is 0 Å². The molecule has 0 radical (unpaired) electrons. The number of amides is 3. The molecule has 1 heterocycles. The van der Waals surface area contributed by atoms with Gasteiger partial charge >= 0.3 is 0 Å². The Morgan fingerprint density at radius 2 is 1.39 bits per heavy atom. The molecule has 13 heteroatoms. The molecule has 0 spiro atoms. The number of fused-ring (bicyclic) bond motifs is 1. The van der Waals surface area contributed by atoms with E-state index in [9.17, 15) is 34.6 Å². The van der Waals surface area contributed by atoms with Crippen LogP contribution >= 0.6 is 0 Å². The smallest absolute Gasteiger partial charge is 0.297 e. The van der Waals surface area contributed by atoms with Crippen molar-refractivity contribution in [3.05, 3.63) is 91.5 Å². The predicted molar refractivity (Wildman–Crippen MR) is 125 cm³/mol. The van der Waals surface area contributed by atoms with E-state index in [-0.39, 0.29) is 39.6 Å². The van der Waals surface area contributed by atoms with Gasteiger partial charge < -0.3 is 14.8 Å². The number of carbonyl (C=O) groups excluding carboxylic acids is 3. The van der Waals surface area contributed by atoms with Gasteiger partial charge in [0, 0.05) is 5.56 Å². The van der Waals surface area contributed by atoms with Gasteiger partial charge in [-0.15, -0.1) is 0 Å². The summed E-state index contributed by atoms with van der Waals surface area (Å²) in [5.74, 6) is -2.07. The van der Waals surface area contributed by atoms with Gasteiger partial charge in [-0.1, -0.05) is 0 Å². The molecule has 1 aliphatic rings. The minimum Gasteiger partial charge on any atom is -0.496 e. The maximum atomic E-state index is 13.1. The Morgan fingerprint density at radius 1 is 0.806 bits per heavy atom. The van der Waals surface area contributed by atoms with Gasteiger partial charge in [-0.05, 0) is 42.5 Å². The lowest BCUT2D eigenvalue weighted by Gasteiger charge is -2.14. The minimum absolute atomic E-state index is 0.0582. The van der Waals surface area contributed by atoms with Crippen LogP contribution in [0.2, 0.25) is 0 Å². The summed E-state index contributed by atoms with van der Waals surface area (Å²) in [6, 6.07) is 11.2. The number of hydrogen-bond acceptors (Lipinski definition) is 9. The first-order chi connectivity index (χ1) is 17.2. The second kappa shape index (κ2) is 9.13. The van der Waals surface area contributed by atoms with Gasteiger partial charge in [0.15, 0.2) is 0 Å². The van der Waals surface area contributed by atoms with Crippen LogP contribution in [0.1, 0.15) is 31.1 Å². The third-order valence-corrected chi connectivity index (χ3v) is 5.42. The van der Waals surface area contributed by atoms with E-state index >= 15 is 0 Å². The monoisotopic (exact) mass is 492 g/mol. The van der Waals surface area contributed by atoms with Gasteiger partial charge in [-0.2, -0.15) is 0 Å². The zero-order valence-corrected chi connectivity index (χ0v) is 18.7. The van der Waals surface area contributed by atoms with Gasteiger partial charge in [0.25, 0.3) is 29.1 Å². The summed E-state index contributed by atoms with van der Waals surface area (Å²) in [5.41, 5.74) is -1.57. The van der Waals surface area contributed by atoms with Crippen LogP contribution < -0.4 is 19.7 Å². The number of ether oxygens (including phenoxy) is 2. The van der Waals surface area contributed by atoms with Crippen LogP contribution in [0.3, 0.4) is 0 Å². The molecule has 0 aliphatic carbocycles. The zero-order valence-electron chi connectivity index (χ0n) is 18.7. The quantitative estimate of drug-likeness (QED) is 0.294. The molecule has 0 fully saturated rings. The first-order valence-corrected chi connectivity index (χ1v) is 10.1. The molecule has 1 aliphatic heterocycles. The van der Waals surface area contributed by atoms with E-state index in [1.54, 1.807) is 0 Å². The number of nitro groups is 2. The molecular weight excluding hydrogens is 476 g/mol. The van der Waals surface area contributed by atoms with E-state index in [0.717, 1.165) is 18.2 Å². The average molecular weight is 492 g/mol. The van der Waals surface area contributed by atoms with Crippen LogP contribution in [0.5, 0.6) is 11.5 Å². The first kappa shape index (κ1) is 23.8. The first-order valence-electron chi connectivity index (χ1n) is 10.1. The Labute approximate surface area is 202 Å². The lowest BCUT2D eigenvalue weighted by molar-refractivity contribution is -0.384. The maximum absolute atomic E-state index is 13.1. The molecule has 0 unspecified atom stereocenters. The molecule has 182 valence electrons. The summed E-state index contributed by atoms with van der Waals surface area (Å²) in [6.45, 7) is 0. The van der Waals surface area contributed by atoms with E-state index in [0.29, 0.717) is 4.90 Å². The number of anilines is 2. The van der Waals surface area contributed by atoms with Crippen molar-refractivity contribution in [2.75, 3.05) is 24.4 Å². The highest BCUT2D eigenvalue weighted by Crippen LogP contribution is 2.37. The third kappa shape index (κ3) is 4.04. The maximum Gasteiger partial charge on any atom is 0.297 e. The highest BCUT2D eigenvalue weighted by Gasteiger charge is 2.40. The van der Waals surface area contributed by atoms with Crippen LogP contribution in [0.15, 0.2) is 54.6 Å².